The molecular weight excluding hydrogens is 349 g/mol. The summed E-state index contributed by atoms with van der Waals surface area (Å²) in [5, 5.41) is 2.71. The van der Waals surface area contributed by atoms with E-state index in [4.69, 9.17) is 4.74 Å². The van der Waals surface area contributed by atoms with E-state index in [1.54, 1.807) is 6.07 Å². The summed E-state index contributed by atoms with van der Waals surface area (Å²) in [4.78, 5) is 11.8. The van der Waals surface area contributed by atoms with Crippen molar-refractivity contribution in [3.8, 4) is 5.75 Å². The Hall–Kier alpha value is -1.88. The summed E-state index contributed by atoms with van der Waals surface area (Å²) < 4.78 is 19.5. The summed E-state index contributed by atoms with van der Waals surface area (Å²) >= 11 is 3.33. The number of halogens is 2. The van der Waals surface area contributed by atoms with Crippen LogP contribution in [-0.4, -0.2) is 12.5 Å². The Bertz CT molecular complexity index is 661. The number of carbonyl (C=O) groups is 1. The van der Waals surface area contributed by atoms with Gasteiger partial charge in [0.25, 0.3) is 5.91 Å². The fourth-order valence-electron chi connectivity index (χ4n) is 2.00. The highest BCUT2D eigenvalue weighted by atomic mass is 79.9. The van der Waals surface area contributed by atoms with Crippen LogP contribution in [0, 0.1) is 5.82 Å². The molecule has 0 aliphatic heterocycles. The minimum atomic E-state index is -0.333. The number of rotatable bonds is 6. The second kappa shape index (κ2) is 7.94. The molecule has 0 saturated heterocycles. The summed E-state index contributed by atoms with van der Waals surface area (Å²) in [5.74, 6) is 0.134. The van der Waals surface area contributed by atoms with Crippen LogP contribution in [0.1, 0.15) is 18.1 Å². The van der Waals surface area contributed by atoms with E-state index >= 15 is 0 Å². The molecule has 2 aromatic carbocycles. The van der Waals surface area contributed by atoms with E-state index in [2.05, 4.69) is 21.2 Å². The third-order valence-corrected chi connectivity index (χ3v) is 3.97. The maximum atomic E-state index is 13.2. The Labute approximate surface area is 137 Å². The van der Waals surface area contributed by atoms with Crippen molar-refractivity contribution in [2.75, 3.05) is 6.61 Å². The number of hydrogen-bond acceptors (Lipinski definition) is 2. The molecule has 0 spiro atoms. The van der Waals surface area contributed by atoms with Crippen LogP contribution in [0.2, 0.25) is 0 Å². The third-order valence-electron chi connectivity index (χ3n) is 3.20. The maximum Gasteiger partial charge on any atom is 0.258 e. The first-order valence-corrected chi connectivity index (χ1v) is 7.80. The molecule has 0 heterocycles. The van der Waals surface area contributed by atoms with E-state index in [1.165, 1.54) is 12.1 Å². The van der Waals surface area contributed by atoms with Crippen molar-refractivity contribution in [1.29, 1.82) is 0 Å². The van der Waals surface area contributed by atoms with Crippen molar-refractivity contribution in [3.63, 3.8) is 0 Å². The topological polar surface area (TPSA) is 38.3 Å². The molecule has 0 bridgehead atoms. The van der Waals surface area contributed by atoms with Crippen LogP contribution in [0.25, 0.3) is 0 Å². The van der Waals surface area contributed by atoms with Gasteiger partial charge in [-0.1, -0.05) is 41.1 Å². The molecule has 5 heteroatoms. The van der Waals surface area contributed by atoms with Crippen molar-refractivity contribution >= 4 is 21.8 Å². The summed E-state index contributed by atoms with van der Waals surface area (Å²) in [6.45, 7) is 2.21. The number of para-hydroxylation sites is 1. The Morgan fingerprint density at radius 3 is 2.77 bits per heavy atom. The SMILES string of the molecule is CCc1ccccc1OCC(=O)NCc1cc(F)ccc1Br. The van der Waals surface area contributed by atoms with Crippen LogP contribution in [0.3, 0.4) is 0 Å². The lowest BCUT2D eigenvalue weighted by Crippen LogP contribution is -2.28. The lowest BCUT2D eigenvalue weighted by Gasteiger charge is -2.11. The van der Waals surface area contributed by atoms with Crippen molar-refractivity contribution in [1.82, 2.24) is 5.32 Å². The first-order chi connectivity index (χ1) is 10.6. The summed E-state index contributed by atoms with van der Waals surface area (Å²) in [6.07, 6.45) is 0.841. The maximum absolute atomic E-state index is 13.2. The molecule has 1 amide bonds. The first-order valence-electron chi connectivity index (χ1n) is 7.01. The summed E-state index contributed by atoms with van der Waals surface area (Å²) in [6, 6.07) is 12.0. The van der Waals surface area contributed by atoms with Crippen LogP contribution in [0.4, 0.5) is 4.39 Å². The van der Waals surface area contributed by atoms with Gasteiger partial charge in [0, 0.05) is 11.0 Å². The molecule has 0 unspecified atom stereocenters. The molecule has 1 N–H and O–H groups in total. The highest BCUT2D eigenvalue weighted by Gasteiger charge is 2.07. The van der Waals surface area contributed by atoms with E-state index in [-0.39, 0.29) is 24.9 Å². The van der Waals surface area contributed by atoms with E-state index in [0.29, 0.717) is 11.3 Å². The van der Waals surface area contributed by atoms with Gasteiger partial charge in [0.05, 0.1) is 0 Å². The monoisotopic (exact) mass is 365 g/mol. The van der Waals surface area contributed by atoms with Gasteiger partial charge in [0.1, 0.15) is 11.6 Å². The van der Waals surface area contributed by atoms with Crippen LogP contribution < -0.4 is 10.1 Å². The fraction of sp³-hybridized carbons (Fsp3) is 0.235. The van der Waals surface area contributed by atoms with E-state index < -0.39 is 0 Å². The molecule has 0 aliphatic carbocycles. The predicted octanol–water partition coefficient (Wildman–Crippen LogP) is 3.85. The van der Waals surface area contributed by atoms with Crippen molar-refractivity contribution in [3.05, 3.63) is 63.9 Å². The fourth-order valence-corrected chi connectivity index (χ4v) is 2.39. The molecule has 0 saturated carbocycles. The molecule has 0 radical (unpaired) electrons. The molecule has 22 heavy (non-hydrogen) atoms. The lowest BCUT2D eigenvalue weighted by molar-refractivity contribution is -0.123. The normalized spacial score (nSPS) is 10.3. The van der Waals surface area contributed by atoms with Crippen LogP contribution in [0.5, 0.6) is 5.75 Å². The number of aryl methyl sites for hydroxylation is 1. The van der Waals surface area contributed by atoms with E-state index in [1.807, 2.05) is 31.2 Å². The third kappa shape index (κ3) is 4.56. The minimum absolute atomic E-state index is 0.0655. The second-order valence-corrected chi connectivity index (χ2v) is 5.62. The van der Waals surface area contributed by atoms with Gasteiger partial charge in [-0.15, -0.1) is 0 Å². The largest absolute Gasteiger partial charge is 0.483 e. The highest BCUT2D eigenvalue weighted by Crippen LogP contribution is 2.19. The Morgan fingerprint density at radius 1 is 1.23 bits per heavy atom. The van der Waals surface area contributed by atoms with Crippen LogP contribution in [0.15, 0.2) is 46.9 Å². The molecule has 0 aliphatic rings. The number of nitrogens with one attached hydrogen (secondary N) is 1. The standard InChI is InChI=1S/C17H17BrFNO2/c1-2-12-5-3-4-6-16(12)22-11-17(21)20-10-13-9-14(19)7-8-15(13)18/h3-9H,2,10-11H2,1H3,(H,20,21). The summed E-state index contributed by atoms with van der Waals surface area (Å²) in [5.41, 5.74) is 1.74. The van der Waals surface area contributed by atoms with E-state index in [0.717, 1.165) is 16.5 Å². The average Bonchev–Trinajstić information content (AvgIpc) is 2.54. The minimum Gasteiger partial charge on any atom is -0.483 e. The number of ether oxygens (including phenoxy) is 1. The van der Waals surface area contributed by atoms with Crippen molar-refractivity contribution in [2.45, 2.75) is 19.9 Å². The zero-order chi connectivity index (χ0) is 15.9. The van der Waals surface area contributed by atoms with E-state index in [9.17, 15) is 9.18 Å². The van der Waals surface area contributed by atoms with Crippen LogP contribution in [-0.2, 0) is 17.8 Å². The molecule has 0 fully saturated rings. The predicted molar refractivity (Wildman–Crippen MR) is 87.3 cm³/mol. The lowest BCUT2D eigenvalue weighted by atomic mass is 10.1. The molecule has 3 nitrogen and oxygen atoms in total. The zero-order valence-electron chi connectivity index (χ0n) is 12.2. The van der Waals surface area contributed by atoms with Gasteiger partial charge < -0.3 is 10.1 Å². The Balaban J connectivity index is 1.87. The molecule has 2 rings (SSSR count). The molecule has 0 atom stereocenters. The van der Waals surface area contributed by atoms with Gasteiger partial charge in [-0.25, -0.2) is 4.39 Å². The molecule has 0 aromatic heterocycles. The van der Waals surface area contributed by atoms with Gasteiger partial charge >= 0.3 is 0 Å². The Morgan fingerprint density at radius 2 is 2.00 bits per heavy atom. The second-order valence-electron chi connectivity index (χ2n) is 4.76. The highest BCUT2D eigenvalue weighted by molar-refractivity contribution is 9.10. The number of hydrogen-bond donors (Lipinski definition) is 1. The first kappa shape index (κ1) is 16.5. The van der Waals surface area contributed by atoms with Gasteiger partial charge in [-0.2, -0.15) is 0 Å². The van der Waals surface area contributed by atoms with Gasteiger partial charge in [-0.05, 0) is 41.8 Å². The smallest absolute Gasteiger partial charge is 0.258 e. The zero-order valence-corrected chi connectivity index (χ0v) is 13.8. The van der Waals surface area contributed by atoms with Gasteiger partial charge in [-0.3, -0.25) is 4.79 Å². The molecular formula is C17H17BrFNO2. The van der Waals surface area contributed by atoms with Crippen molar-refractivity contribution in [2.24, 2.45) is 0 Å². The average molecular weight is 366 g/mol. The number of amides is 1. The van der Waals surface area contributed by atoms with Crippen molar-refractivity contribution < 1.29 is 13.9 Å². The summed E-state index contributed by atoms with van der Waals surface area (Å²) in [7, 11) is 0. The molecule has 116 valence electrons. The molecule has 2 aromatic rings. The number of benzene rings is 2. The van der Waals surface area contributed by atoms with Crippen LogP contribution >= 0.6 is 15.9 Å². The van der Waals surface area contributed by atoms with Gasteiger partial charge in [0.2, 0.25) is 0 Å². The Kier molecular flexibility index (Phi) is 5.95. The van der Waals surface area contributed by atoms with Gasteiger partial charge in [0.15, 0.2) is 6.61 Å². The quantitative estimate of drug-likeness (QED) is 0.844. The number of carbonyl (C=O) groups excluding carboxylic acids is 1.